The lowest BCUT2D eigenvalue weighted by Gasteiger charge is -2.38. The van der Waals surface area contributed by atoms with Gasteiger partial charge in [0.25, 0.3) is 0 Å². The molecule has 21 heavy (non-hydrogen) atoms. The van der Waals surface area contributed by atoms with Crippen LogP contribution in [0.15, 0.2) is 29.1 Å². The Labute approximate surface area is 123 Å². The van der Waals surface area contributed by atoms with Gasteiger partial charge < -0.3 is 14.8 Å². The Morgan fingerprint density at radius 2 is 2.00 bits per heavy atom. The van der Waals surface area contributed by atoms with Crippen LogP contribution in [0.3, 0.4) is 0 Å². The van der Waals surface area contributed by atoms with Crippen LogP contribution in [0.25, 0.3) is 11.3 Å². The highest BCUT2D eigenvalue weighted by atomic mass is 16.4. The highest BCUT2D eigenvalue weighted by molar-refractivity contribution is 5.56. The Morgan fingerprint density at radius 1 is 1.24 bits per heavy atom. The number of oxazole rings is 1. The van der Waals surface area contributed by atoms with Crippen LogP contribution in [0.5, 0.6) is 5.75 Å². The quantitative estimate of drug-likeness (QED) is 0.893. The van der Waals surface area contributed by atoms with Gasteiger partial charge in [-0.1, -0.05) is 0 Å². The molecular weight excluding hydrogens is 268 g/mol. The van der Waals surface area contributed by atoms with Gasteiger partial charge in [-0.2, -0.15) is 0 Å². The van der Waals surface area contributed by atoms with Gasteiger partial charge in [0.05, 0.1) is 17.9 Å². The van der Waals surface area contributed by atoms with Crippen molar-refractivity contribution >= 4 is 0 Å². The van der Waals surface area contributed by atoms with Crippen LogP contribution in [-0.2, 0) is 5.54 Å². The number of piperazine rings is 1. The Bertz CT molecular complexity index is 618. The summed E-state index contributed by atoms with van der Waals surface area (Å²) in [5, 5.41) is 12.9. The molecule has 2 N–H and O–H groups in total. The third-order valence-electron chi connectivity index (χ3n) is 3.94. The van der Waals surface area contributed by atoms with Gasteiger partial charge in [-0.05, 0) is 19.9 Å². The molecule has 3 heterocycles. The minimum absolute atomic E-state index is 0.117. The smallest absolute Gasteiger partial charge is 0.214 e. The Balaban J connectivity index is 1.86. The maximum absolute atomic E-state index is 9.51. The summed E-state index contributed by atoms with van der Waals surface area (Å²) in [7, 11) is 0. The van der Waals surface area contributed by atoms with Crippen molar-refractivity contribution in [2.75, 3.05) is 26.2 Å². The molecule has 1 saturated heterocycles. The summed E-state index contributed by atoms with van der Waals surface area (Å²) in [6.07, 6.45) is 4.74. The number of aromatic hydroxyl groups is 1. The third-order valence-corrected chi connectivity index (χ3v) is 3.94. The summed E-state index contributed by atoms with van der Waals surface area (Å²) in [5.74, 6) is 1.42. The second-order valence-corrected chi connectivity index (χ2v) is 5.76. The fourth-order valence-electron chi connectivity index (χ4n) is 2.61. The van der Waals surface area contributed by atoms with Gasteiger partial charge in [0.2, 0.25) is 5.89 Å². The van der Waals surface area contributed by atoms with Crippen LogP contribution in [0.1, 0.15) is 19.7 Å². The number of nitrogens with zero attached hydrogens (tertiary/aromatic N) is 3. The normalized spacial score (nSPS) is 17.0. The van der Waals surface area contributed by atoms with E-state index in [0.717, 1.165) is 31.7 Å². The minimum Gasteiger partial charge on any atom is -0.506 e. The molecule has 0 bridgehead atoms. The summed E-state index contributed by atoms with van der Waals surface area (Å²) >= 11 is 0. The predicted octanol–water partition coefficient (Wildman–Crippen LogP) is 1.58. The Morgan fingerprint density at radius 3 is 2.71 bits per heavy atom. The second-order valence-electron chi connectivity index (χ2n) is 5.76. The van der Waals surface area contributed by atoms with Gasteiger partial charge >= 0.3 is 0 Å². The van der Waals surface area contributed by atoms with Crippen molar-refractivity contribution < 1.29 is 9.52 Å². The molecule has 6 heteroatoms. The zero-order valence-electron chi connectivity index (χ0n) is 12.3. The van der Waals surface area contributed by atoms with Crippen LogP contribution in [0.2, 0.25) is 0 Å². The largest absolute Gasteiger partial charge is 0.506 e. The molecule has 0 amide bonds. The average Bonchev–Trinajstić information content (AvgIpc) is 2.99. The second kappa shape index (κ2) is 5.46. The standard InChI is InChI=1S/C15H20N4O2/c1-15(2,19-5-3-16-4-6-19)14-18-10-13(21-14)11-7-12(20)9-17-8-11/h7-10,16,20H,3-6H2,1-2H3. The van der Waals surface area contributed by atoms with Crippen molar-refractivity contribution in [2.45, 2.75) is 19.4 Å². The number of hydrogen-bond donors (Lipinski definition) is 2. The molecular formula is C15H20N4O2. The van der Waals surface area contributed by atoms with Crippen molar-refractivity contribution in [3.05, 3.63) is 30.5 Å². The summed E-state index contributed by atoms with van der Waals surface area (Å²) in [4.78, 5) is 10.8. The number of aromatic nitrogens is 2. The number of pyridine rings is 1. The van der Waals surface area contributed by atoms with Crippen LogP contribution < -0.4 is 5.32 Å². The van der Waals surface area contributed by atoms with Gasteiger partial charge in [0.1, 0.15) is 5.75 Å². The molecule has 0 unspecified atom stereocenters. The first-order chi connectivity index (χ1) is 10.1. The van der Waals surface area contributed by atoms with Gasteiger partial charge in [0.15, 0.2) is 5.76 Å². The molecule has 2 aromatic heterocycles. The van der Waals surface area contributed by atoms with Gasteiger partial charge in [-0.25, -0.2) is 4.98 Å². The van der Waals surface area contributed by atoms with Crippen LogP contribution in [0.4, 0.5) is 0 Å². The molecule has 0 saturated carbocycles. The fraction of sp³-hybridized carbons (Fsp3) is 0.467. The molecule has 6 nitrogen and oxygen atoms in total. The van der Waals surface area contributed by atoms with Crippen LogP contribution in [0, 0.1) is 0 Å². The van der Waals surface area contributed by atoms with Gasteiger partial charge in [-0.15, -0.1) is 0 Å². The van der Waals surface area contributed by atoms with Crippen molar-refractivity contribution in [2.24, 2.45) is 0 Å². The number of hydrogen-bond acceptors (Lipinski definition) is 6. The van der Waals surface area contributed by atoms with E-state index in [-0.39, 0.29) is 11.3 Å². The van der Waals surface area contributed by atoms with E-state index in [1.54, 1.807) is 18.5 Å². The first-order valence-electron chi connectivity index (χ1n) is 7.14. The summed E-state index contributed by atoms with van der Waals surface area (Å²) in [6.45, 7) is 8.14. The predicted molar refractivity (Wildman–Crippen MR) is 78.9 cm³/mol. The molecule has 112 valence electrons. The van der Waals surface area contributed by atoms with E-state index in [2.05, 4.69) is 34.0 Å². The molecule has 3 rings (SSSR count). The molecule has 0 aliphatic carbocycles. The first-order valence-corrected chi connectivity index (χ1v) is 7.14. The monoisotopic (exact) mass is 288 g/mol. The zero-order chi connectivity index (χ0) is 14.9. The Kier molecular flexibility index (Phi) is 3.65. The molecule has 1 aliphatic rings. The van der Waals surface area contributed by atoms with Gasteiger partial charge in [0, 0.05) is 37.9 Å². The van der Waals surface area contributed by atoms with Crippen LogP contribution >= 0.6 is 0 Å². The lowest BCUT2D eigenvalue weighted by Crippen LogP contribution is -2.51. The van der Waals surface area contributed by atoms with Crippen LogP contribution in [-0.4, -0.2) is 46.2 Å². The fourth-order valence-corrected chi connectivity index (χ4v) is 2.61. The van der Waals surface area contributed by atoms with Crippen molar-refractivity contribution in [1.29, 1.82) is 0 Å². The molecule has 1 aliphatic heterocycles. The van der Waals surface area contributed by atoms with E-state index in [4.69, 9.17) is 4.42 Å². The summed E-state index contributed by atoms with van der Waals surface area (Å²) in [5.41, 5.74) is 0.467. The van der Waals surface area contributed by atoms with Crippen molar-refractivity contribution in [1.82, 2.24) is 20.2 Å². The molecule has 0 aromatic carbocycles. The number of rotatable bonds is 3. The zero-order valence-corrected chi connectivity index (χ0v) is 12.3. The Hall–Kier alpha value is -1.92. The van der Waals surface area contributed by atoms with E-state index in [0.29, 0.717) is 11.7 Å². The third kappa shape index (κ3) is 2.77. The van der Waals surface area contributed by atoms with Crippen molar-refractivity contribution in [3.8, 4) is 17.1 Å². The van der Waals surface area contributed by atoms with Crippen molar-refractivity contribution in [3.63, 3.8) is 0 Å². The SMILES string of the molecule is CC(C)(c1ncc(-c2cncc(O)c2)o1)N1CCNCC1. The molecule has 2 aromatic rings. The molecule has 0 atom stereocenters. The highest BCUT2D eigenvalue weighted by Crippen LogP contribution is 2.31. The van der Waals surface area contributed by atoms with E-state index >= 15 is 0 Å². The van der Waals surface area contributed by atoms with E-state index in [1.807, 2.05) is 0 Å². The van der Waals surface area contributed by atoms with E-state index in [9.17, 15) is 5.11 Å². The van der Waals surface area contributed by atoms with E-state index < -0.39 is 0 Å². The lowest BCUT2D eigenvalue weighted by atomic mass is 10.0. The summed E-state index contributed by atoms with van der Waals surface area (Å²) < 4.78 is 5.92. The molecule has 0 spiro atoms. The van der Waals surface area contributed by atoms with E-state index in [1.165, 1.54) is 6.20 Å². The first kappa shape index (κ1) is 14.0. The molecule has 1 fully saturated rings. The highest BCUT2D eigenvalue weighted by Gasteiger charge is 2.34. The van der Waals surface area contributed by atoms with Gasteiger partial charge in [-0.3, -0.25) is 9.88 Å². The number of nitrogens with one attached hydrogen (secondary N) is 1. The molecule has 0 radical (unpaired) electrons. The maximum atomic E-state index is 9.51. The summed E-state index contributed by atoms with van der Waals surface area (Å²) in [6, 6.07) is 1.62. The topological polar surface area (TPSA) is 74.4 Å². The lowest BCUT2D eigenvalue weighted by molar-refractivity contribution is 0.0783. The average molecular weight is 288 g/mol. The maximum Gasteiger partial charge on any atom is 0.214 e. The minimum atomic E-state index is -0.259.